The molecule has 0 saturated heterocycles. The summed E-state index contributed by atoms with van der Waals surface area (Å²) in [5, 5.41) is 6.84. The molecule has 0 aliphatic heterocycles. The molecule has 0 fully saturated rings. The Morgan fingerprint density at radius 2 is 2.27 bits per heavy atom. The molecule has 0 aliphatic rings. The molecule has 2 nitrogen and oxygen atoms in total. The maximum absolute atomic E-state index is 11.1. The lowest BCUT2D eigenvalue weighted by molar-refractivity contribution is 0.680. The molecule has 0 aromatic heterocycles. The summed E-state index contributed by atoms with van der Waals surface area (Å²) in [5.74, 6) is 1.27. The van der Waals surface area contributed by atoms with E-state index >= 15 is 0 Å². The highest BCUT2D eigenvalue weighted by molar-refractivity contribution is 7.84. The summed E-state index contributed by atoms with van der Waals surface area (Å²) in [4.78, 5) is 0. The standard InChI is InChI=1S/C7H14ClNOS/c1-7(8)3-6-11(10)5-2-4-9/h4,7,9H,2-3,5-6H2,1H3. The Labute approximate surface area is 75.3 Å². The van der Waals surface area contributed by atoms with E-state index in [4.69, 9.17) is 17.0 Å². The molecule has 1 N–H and O–H groups in total. The van der Waals surface area contributed by atoms with Gasteiger partial charge in [-0.2, -0.15) is 0 Å². The van der Waals surface area contributed by atoms with Gasteiger partial charge in [-0.05, 0) is 26.0 Å². The normalized spacial score (nSPS) is 15.8. The molecule has 0 heterocycles. The zero-order valence-corrected chi connectivity index (χ0v) is 8.25. The summed E-state index contributed by atoms with van der Waals surface area (Å²) in [7, 11) is -0.776. The van der Waals surface area contributed by atoms with Crippen molar-refractivity contribution in [1.82, 2.24) is 0 Å². The van der Waals surface area contributed by atoms with Gasteiger partial charge >= 0.3 is 0 Å². The van der Waals surface area contributed by atoms with Gasteiger partial charge in [-0.3, -0.25) is 4.21 Å². The minimum atomic E-state index is -0.776. The van der Waals surface area contributed by atoms with Gasteiger partial charge in [-0.15, -0.1) is 11.6 Å². The number of rotatable bonds is 6. The van der Waals surface area contributed by atoms with Crippen molar-refractivity contribution in [2.75, 3.05) is 11.5 Å². The van der Waals surface area contributed by atoms with Crippen LogP contribution in [-0.4, -0.2) is 27.3 Å². The predicted octanol–water partition coefficient (Wildman–Crippen LogP) is 1.79. The largest absolute Gasteiger partial charge is 0.313 e. The lowest BCUT2D eigenvalue weighted by Gasteiger charge is -2.01. The van der Waals surface area contributed by atoms with E-state index in [1.54, 1.807) is 0 Å². The summed E-state index contributed by atoms with van der Waals surface area (Å²) in [6.07, 6.45) is 2.71. The summed E-state index contributed by atoms with van der Waals surface area (Å²) >= 11 is 5.68. The number of alkyl halides is 1. The fraction of sp³-hybridized carbons (Fsp3) is 0.857. The van der Waals surface area contributed by atoms with Crippen LogP contribution in [0.5, 0.6) is 0 Å². The van der Waals surface area contributed by atoms with Crippen LogP contribution in [0.1, 0.15) is 19.8 Å². The van der Waals surface area contributed by atoms with Crippen molar-refractivity contribution in [3.8, 4) is 0 Å². The average molecular weight is 196 g/mol. The van der Waals surface area contributed by atoms with Gasteiger partial charge in [0.25, 0.3) is 0 Å². The van der Waals surface area contributed by atoms with E-state index in [2.05, 4.69) is 0 Å². The van der Waals surface area contributed by atoms with Crippen LogP contribution in [0.25, 0.3) is 0 Å². The van der Waals surface area contributed by atoms with Crippen molar-refractivity contribution in [3.05, 3.63) is 0 Å². The zero-order valence-electron chi connectivity index (χ0n) is 6.68. The molecule has 4 heteroatoms. The molecule has 0 radical (unpaired) electrons. The molecule has 0 spiro atoms. The lowest BCUT2D eigenvalue weighted by atomic mass is 10.4. The third kappa shape index (κ3) is 8.01. The smallest absolute Gasteiger partial charge is 0.0316 e. The van der Waals surface area contributed by atoms with Gasteiger partial charge in [0, 0.05) is 27.7 Å². The van der Waals surface area contributed by atoms with E-state index in [1.165, 1.54) is 6.21 Å². The monoisotopic (exact) mass is 195 g/mol. The van der Waals surface area contributed by atoms with E-state index in [1.807, 2.05) is 6.92 Å². The van der Waals surface area contributed by atoms with E-state index in [0.29, 0.717) is 17.9 Å². The Morgan fingerprint density at radius 3 is 2.73 bits per heavy atom. The molecule has 0 aliphatic carbocycles. The van der Waals surface area contributed by atoms with E-state index in [-0.39, 0.29) is 5.38 Å². The SMILES string of the molecule is CC(Cl)CCS(=O)CCC=N. The molecule has 2 unspecified atom stereocenters. The molecule has 0 saturated carbocycles. The molecule has 0 aromatic rings. The molecule has 0 amide bonds. The van der Waals surface area contributed by atoms with Crippen LogP contribution in [-0.2, 0) is 10.8 Å². The topological polar surface area (TPSA) is 40.9 Å². The second-order valence-electron chi connectivity index (χ2n) is 2.41. The maximum atomic E-state index is 11.1. The number of hydrogen-bond acceptors (Lipinski definition) is 2. The van der Waals surface area contributed by atoms with Gasteiger partial charge in [-0.1, -0.05) is 0 Å². The summed E-state index contributed by atoms with van der Waals surface area (Å²) < 4.78 is 11.1. The summed E-state index contributed by atoms with van der Waals surface area (Å²) in [6, 6.07) is 0. The predicted molar refractivity (Wildman–Crippen MR) is 51.2 cm³/mol. The summed E-state index contributed by atoms with van der Waals surface area (Å²) in [6.45, 7) is 1.90. The second-order valence-corrected chi connectivity index (χ2v) is 4.85. The van der Waals surface area contributed by atoms with Gasteiger partial charge in [0.15, 0.2) is 0 Å². The van der Waals surface area contributed by atoms with Crippen LogP contribution >= 0.6 is 11.6 Å². The van der Waals surface area contributed by atoms with E-state index in [9.17, 15) is 4.21 Å². The van der Waals surface area contributed by atoms with Gasteiger partial charge in [0.05, 0.1) is 0 Å². The molecule has 0 rings (SSSR count). The molecular formula is C7H14ClNOS. The minimum Gasteiger partial charge on any atom is -0.313 e. The van der Waals surface area contributed by atoms with Gasteiger partial charge in [0.2, 0.25) is 0 Å². The number of halogens is 1. The highest BCUT2D eigenvalue weighted by Gasteiger charge is 2.01. The molecule has 2 atom stereocenters. The zero-order chi connectivity index (χ0) is 8.69. The van der Waals surface area contributed by atoms with E-state index < -0.39 is 10.8 Å². The Hall–Kier alpha value is 0.110. The van der Waals surface area contributed by atoms with Crippen molar-refractivity contribution >= 4 is 28.6 Å². The fourth-order valence-corrected chi connectivity index (χ4v) is 2.03. The van der Waals surface area contributed by atoms with Crippen molar-refractivity contribution in [1.29, 1.82) is 5.41 Å². The van der Waals surface area contributed by atoms with Crippen LogP contribution in [0.3, 0.4) is 0 Å². The van der Waals surface area contributed by atoms with Crippen LogP contribution in [0.15, 0.2) is 0 Å². The minimum absolute atomic E-state index is 0.110. The third-order valence-corrected chi connectivity index (χ3v) is 2.83. The van der Waals surface area contributed by atoms with Crippen LogP contribution in [0, 0.1) is 5.41 Å². The van der Waals surface area contributed by atoms with Crippen LogP contribution in [0.4, 0.5) is 0 Å². The van der Waals surface area contributed by atoms with Crippen molar-refractivity contribution in [2.24, 2.45) is 0 Å². The van der Waals surface area contributed by atoms with Gasteiger partial charge in [-0.25, -0.2) is 0 Å². The van der Waals surface area contributed by atoms with Crippen LogP contribution < -0.4 is 0 Å². The van der Waals surface area contributed by atoms with Gasteiger partial charge in [0.1, 0.15) is 0 Å². The highest BCUT2D eigenvalue weighted by Crippen LogP contribution is 2.01. The Kier molecular flexibility index (Phi) is 6.87. The fourth-order valence-electron chi connectivity index (χ4n) is 0.586. The second kappa shape index (κ2) is 6.80. The van der Waals surface area contributed by atoms with Crippen LogP contribution in [0.2, 0.25) is 0 Å². The van der Waals surface area contributed by atoms with Gasteiger partial charge < -0.3 is 5.41 Å². The third-order valence-electron chi connectivity index (χ3n) is 1.23. The van der Waals surface area contributed by atoms with E-state index in [0.717, 1.165) is 6.42 Å². The highest BCUT2D eigenvalue weighted by atomic mass is 35.5. The van der Waals surface area contributed by atoms with Crippen molar-refractivity contribution in [2.45, 2.75) is 25.1 Å². The first-order chi connectivity index (χ1) is 5.16. The Balaban J connectivity index is 3.29. The molecule has 66 valence electrons. The average Bonchev–Trinajstić information content (AvgIpc) is 1.97. The molecule has 11 heavy (non-hydrogen) atoms. The Bertz CT molecular complexity index is 138. The summed E-state index contributed by atoms with van der Waals surface area (Å²) in [5.41, 5.74) is 0. The Morgan fingerprint density at radius 1 is 1.64 bits per heavy atom. The number of nitrogens with one attached hydrogen (secondary N) is 1. The quantitative estimate of drug-likeness (QED) is 0.510. The molecule has 0 aromatic carbocycles. The first kappa shape index (κ1) is 11.1. The van der Waals surface area contributed by atoms with Crippen molar-refractivity contribution < 1.29 is 4.21 Å². The first-order valence-corrected chi connectivity index (χ1v) is 5.57. The first-order valence-electron chi connectivity index (χ1n) is 3.64. The lowest BCUT2D eigenvalue weighted by Crippen LogP contribution is -2.06. The maximum Gasteiger partial charge on any atom is 0.0316 e. The number of hydrogen-bond donors (Lipinski definition) is 1. The molecule has 0 bridgehead atoms. The van der Waals surface area contributed by atoms with Crippen molar-refractivity contribution in [3.63, 3.8) is 0 Å². The molecular weight excluding hydrogens is 182 g/mol.